The van der Waals surface area contributed by atoms with Gasteiger partial charge in [-0.15, -0.1) is 0 Å². The van der Waals surface area contributed by atoms with Gasteiger partial charge < -0.3 is 13.9 Å². The minimum absolute atomic E-state index is 0.225. The molecule has 1 aliphatic heterocycles. The quantitative estimate of drug-likeness (QED) is 0.703. The molecule has 1 aromatic heterocycles. The fourth-order valence-electron chi connectivity index (χ4n) is 1.85. The maximum atomic E-state index is 12.0. The van der Waals surface area contributed by atoms with Crippen molar-refractivity contribution in [3.05, 3.63) is 28.2 Å². The molecule has 98 valence electrons. The molecule has 18 heavy (non-hydrogen) atoms. The molecule has 4 nitrogen and oxygen atoms in total. The van der Waals surface area contributed by atoms with Crippen LogP contribution in [-0.2, 0) is 16.4 Å². The third-order valence-corrected chi connectivity index (χ3v) is 3.73. The molecule has 0 unspecified atom stereocenters. The first-order valence-corrected chi connectivity index (χ1v) is 5.92. The van der Waals surface area contributed by atoms with Crippen LogP contribution in [0.25, 0.3) is 0 Å². The van der Waals surface area contributed by atoms with Gasteiger partial charge in [0.05, 0.1) is 11.2 Å². The Morgan fingerprint density at radius 2 is 1.83 bits per heavy atom. The van der Waals surface area contributed by atoms with Crippen LogP contribution in [0.15, 0.2) is 17.1 Å². The normalized spacial score (nSPS) is 24.5. The summed E-state index contributed by atoms with van der Waals surface area (Å²) in [5.74, 6) is 0. The Balaban J connectivity index is 2.48. The van der Waals surface area contributed by atoms with E-state index in [0.29, 0.717) is 5.46 Å². The van der Waals surface area contributed by atoms with Gasteiger partial charge in [-0.3, -0.25) is 4.79 Å². The van der Waals surface area contributed by atoms with Crippen LogP contribution < -0.4 is 11.0 Å². The second-order valence-electron chi connectivity index (χ2n) is 5.69. The fraction of sp³-hybridized carbons (Fsp3) is 0.615. The van der Waals surface area contributed by atoms with Gasteiger partial charge in [-0.25, -0.2) is 0 Å². The van der Waals surface area contributed by atoms with E-state index in [0.717, 1.165) is 0 Å². The van der Waals surface area contributed by atoms with E-state index >= 15 is 0 Å². The third kappa shape index (κ3) is 2.02. The van der Waals surface area contributed by atoms with E-state index in [9.17, 15) is 4.79 Å². The van der Waals surface area contributed by atoms with E-state index in [-0.39, 0.29) is 5.56 Å². The minimum atomic E-state index is -2.46. The van der Waals surface area contributed by atoms with Crippen molar-refractivity contribution >= 4 is 12.6 Å². The average molecular weight is 255 g/mol. The molecular weight excluding hydrogens is 229 g/mol. The van der Waals surface area contributed by atoms with Gasteiger partial charge in [-0.2, -0.15) is 0 Å². The van der Waals surface area contributed by atoms with Crippen molar-refractivity contribution in [2.24, 2.45) is 7.05 Å². The Labute approximate surface area is 112 Å². The standard InChI is InChI=1S/C13H20BNO3/c1-9-7-10(8-15(6)11(9)16)14-17-12(2,3)13(4,5)18-14/h7-8H,1-6H3/i1T3. The molecule has 0 radical (unpaired) electrons. The molecule has 1 fully saturated rings. The number of hydrogen-bond donors (Lipinski definition) is 0. The Hall–Kier alpha value is -1.07. The van der Waals surface area contributed by atoms with Crippen LogP contribution in [0.1, 0.15) is 37.4 Å². The Morgan fingerprint density at radius 3 is 2.33 bits per heavy atom. The summed E-state index contributed by atoms with van der Waals surface area (Å²) in [5, 5.41) is 0. The molecule has 1 saturated heterocycles. The van der Waals surface area contributed by atoms with Gasteiger partial charge >= 0.3 is 7.12 Å². The van der Waals surface area contributed by atoms with E-state index in [4.69, 9.17) is 13.4 Å². The Bertz CT molecular complexity index is 606. The van der Waals surface area contributed by atoms with Crippen LogP contribution in [0.2, 0.25) is 0 Å². The maximum absolute atomic E-state index is 12.0. The second-order valence-corrected chi connectivity index (χ2v) is 5.69. The Morgan fingerprint density at radius 1 is 1.28 bits per heavy atom. The summed E-state index contributed by atoms with van der Waals surface area (Å²) in [5.41, 5.74) is -1.27. The largest absolute Gasteiger partial charge is 0.496 e. The molecule has 0 atom stereocenters. The summed E-state index contributed by atoms with van der Waals surface area (Å²) in [4.78, 5) is 12.0. The van der Waals surface area contributed by atoms with Crippen LogP contribution in [0, 0.1) is 6.85 Å². The number of pyridine rings is 1. The van der Waals surface area contributed by atoms with E-state index in [1.165, 1.54) is 17.7 Å². The van der Waals surface area contributed by atoms with Gasteiger partial charge in [0.1, 0.15) is 0 Å². The second kappa shape index (κ2) is 3.97. The molecular formula is C13H20BNO3. The van der Waals surface area contributed by atoms with Gasteiger partial charge in [-0.05, 0) is 40.0 Å². The number of hydrogen-bond acceptors (Lipinski definition) is 3. The zero-order valence-corrected chi connectivity index (χ0v) is 11.4. The highest BCUT2D eigenvalue weighted by molar-refractivity contribution is 6.62. The lowest BCUT2D eigenvalue weighted by Crippen LogP contribution is -2.41. The highest BCUT2D eigenvalue weighted by Crippen LogP contribution is 2.36. The van der Waals surface area contributed by atoms with Gasteiger partial charge in [0.2, 0.25) is 0 Å². The van der Waals surface area contributed by atoms with Crippen LogP contribution in [0.3, 0.4) is 0 Å². The number of aryl methyl sites for hydroxylation is 2. The first-order chi connectivity index (χ1) is 9.35. The minimum Gasteiger partial charge on any atom is -0.399 e. The first kappa shape index (κ1) is 9.81. The average Bonchev–Trinajstić information content (AvgIpc) is 2.50. The SMILES string of the molecule is [3H]C([3H])([3H])c1cc(B2OC(C)(C)C(C)(C)O2)cn(C)c1=O. The summed E-state index contributed by atoms with van der Waals surface area (Å²) >= 11 is 0. The van der Waals surface area contributed by atoms with Crippen molar-refractivity contribution < 1.29 is 13.4 Å². The van der Waals surface area contributed by atoms with Crippen LogP contribution >= 0.6 is 0 Å². The predicted molar refractivity (Wildman–Crippen MR) is 72.1 cm³/mol. The molecule has 5 heteroatoms. The van der Waals surface area contributed by atoms with Crippen molar-refractivity contribution in [1.82, 2.24) is 4.57 Å². The zero-order valence-electron chi connectivity index (χ0n) is 14.4. The summed E-state index contributed by atoms with van der Waals surface area (Å²) in [6.07, 6.45) is 1.56. The lowest BCUT2D eigenvalue weighted by atomic mass is 9.80. The smallest absolute Gasteiger partial charge is 0.399 e. The van der Waals surface area contributed by atoms with Crippen molar-refractivity contribution in [3.63, 3.8) is 0 Å². The number of nitrogens with zero attached hydrogens (tertiary/aromatic N) is 1. The van der Waals surface area contributed by atoms with E-state index in [1.54, 1.807) is 6.20 Å². The first-order valence-electron chi connectivity index (χ1n) is 7.42. The number of rotatable bonds is 1. The van der Waals surface area contributed by atoms with Crippen LogP contribution in [-0.4, -0.2) is 22.9 Å². The van der Waals surface area contributed by atoms with E-state index < -0.39 is 30.7 Å². The fourth-order valence-corrected chi connectivity index (χ4v) is 1.85. The lowest BCUT2D eigenvalue weighted by molar-refractivity contribution is 0.00578. The topological polar surface area (TPSA) is 40.5 Å². The van der Waals surface area contributed by atoms with Crippen molar-refractivity contribution in [3.8, 4) is 0 Å². The molecule has 1 aromatic rings. The molecule has 0 amide bonds. The molecule has 0 bridgehead atoms. The van der Waals surface area contributed by atoms with Crippen LogP contribution in [0.4, 0.5) is 0 Å². The summed E-state index contributed by atoms with van der Waals surface area (Å²) in [6.45, 7) is 5.20. The van der Waals surface area contributed by atoms with Crippen LogP contribution in [0.5, 0.6) is 0 Å². The van der Waals surface area contributed by atoms with Gasteiger partial charge in [0.15, 0.2) is 0 Å². The lowest BCUT2D eigenvalue weighted by Gasteiger charge is -2.32. The summed E-state index contributed by atoms with van der Waals surface area (Å²) < 4.78 is 35.5. The van der Waals surface area contributed by atoms with E-state index in [2.05, 4.69) is 0 Å². The highest BCUT2D eigenvalue weighted by Gasteiger charge is 2.51. The zero-order chi connectivity index (χ0) is 16.2. The molecule has 0 saturated carbocycles. The summed E-state index contributed by atoms with van der Waals surface area (Å²) in [7, 11) is 0.828. The molecule has 0 N–H and O–H groups in total. The molecule has 2 rings (SSSR count). The Kier molecular flexibility index (Phi) is 2.16. The van der Waals surface area contributed by atoms with Gasteiger partial charge in [-0.1, -0.05) is 6.07 Å². The molecule has 2 heterocycles. The molecule has 1 aliphatic rings. The highest BCUT2D eigenvalue weighted by atomic mass is 16.7. The molecule has 0 spiro atoms. The van der Waals surface area contributed by atoms with Crippen molar-refractivity contribution in [2.75, 3.05) is 0 Å². The van der Waals surface area contributed by atoms with Crippen molar-refractivity contribution in [1.29, 1.82) is 0 Å². The van der Waals surface area contributed by atoms with E-state index in [1.807, 2.05) is 27.7 Å². The maximum Gasteiger partial charge on any atom is 0.496 e. The third-order valence-electron chi connectivity index (χ3n) is 3.73. The van der Waals surface area contributed by atoms with Gasteiger partial charge in [0.25, 0.3) is 5.56 Å². The van der Waals surface area contributed by atoms with Gasteiger partial charge in [0, 0.05) is 22.9 Å². The summed E-state index contributed by atoms with van der Waals surface area (Å²) in [6, 6.07) is 1.36. The molecule has 0 aromatic carbocycles. The van der Waals surface area contributed by atoms with Crippen molar-refractivity contribution in [2.45, 2.75) is 45.7 Å². The number of aromatic nitrogens is 1. The molecule has 0 aliphatic carbocycles. The monoisotopic (exact) mass is 255 g/mol. The predicted octanol–water partition coefficient (Wildman–Crippen LogP) is 0.993.